The summed E-state index contributed by atoms with van der Waals surface area (Å²) in [6, 6.07) is 0. The van der Waals surface area contributed by atoms with Crippen molar-refractivity contribution in [3.63, 3.8) is 0 Å². The van der Waals surface area contributed by atoms with Gasteiger partial charge in [0, 0.05) is 5.54 Å². The van der Waals surface area contributed by atoms with Crippen molar-refractivity contribution in [2.24, 2.45) is 11.5 Å². The van der Waals surface area contributed by atoms with Crippen molar-refractivity contribution in [2.75, 3.05) is 0 Å². The van der Waals surface area contributed by atoms with Crippen LogP contribution in [0.2, 0.25) is 0 Å². The summed E-state index contributed by atoms with van der Waals surface area (Å²) in [4.78, 5) is 0. The van der Waals surface area contributed by atoms with Crippen molar-refractivity contribution < 1.29 is 4.74 Å². The number of hydrogen-bond donors (Lipinski definition) is 2. The SMILES string of the molecule is C=C(C)CC(C)(N)C1OC1N. The summed E-state index contributed by atoms with van der Waals surface area (Å²) in [7, 11) is 0. The lowest BCUT2D eigenvalue weighted by molar-refractivity contribution is 0.293. The smallest absolute Gasteiger partial charge is 0.134 e. The van der Waals surface area contributed by atoms with Gasteiger partial charge in [0.25, 0.3) is 0 Å². The first-order chi connectivity index (χ1) is 4.93. The summed E-state index contributed by atoms with van der Waals surface area (Å²) < 4.78 is 5.09. The lowest BCUT2D eigenvalue weighted by Crippen LogP contribution is -2.44. The summed E-state index contributed by atoms with van der Waals surface area (Å²) in [6.45, 7) is 7.70. The van der Waals surface area contributed by atoms with Crippen LogP contribution in [-0.4, -0.2) is 17.9 Å². The highest BCUT2D eigenvalue weighted by Gasteiger charge is 2.47. The molecular formula is C8H16N2O. The van der Waals surface area contributed by atoms with Crippen LogP contribution < -0.4 is 11.5 Å². The van der Waals surface area contributed by atoms with E-state index in [1.54, 1.807) is 0 Å². The Kier molecular flexibility index (Phi) is 2.05. The Bertz CT molecular complexity index is 177. The third-order valence-electron chi connectivity index (χ3n) is 1.86. The van der Waals surface area contributed by atoms with Gasteiger partial charge in [-0.3, -0.25) is 0 Å². The second kappa shape index (κ2) is 2.59. The molecule has 0 aromatic heterocycles. The van der Waals surface area contributed by atoms with Crippen LogP contribution in [0.3, 0.4) is 0 Å². The molecule has 11 heavy (non-hydrogen) atoms. The molecule has 1 rings (SSSR count). The zero-order valence-electron chi connectivity index (χ0n) is 7.13. The highest BCUT2D eigenvalue weighted by molar-refractivity contribution is 5.07. The predicted molar refractivity (Wildman–Crippen MR) is 44.9 cm³/mol. The molecule has 0 spiro atoms. The summed E-state index contributed by atoms with van der Waals surface area (Å²) in [5.41, 5.74) is 12.2. The van der Waals surface area contributed by atoms with Crippen LogP contribution >= 0.6 is 0 Å². The van der Waals surface area contributed by atoms with Crippen molar-refractivity contribution in [1.29, 1.82) is 0 Å². The minimum absolute atomic E-state index is 0.0131. The first-order valence-corrected chi connectivity index (χ1v) is 3.78. The first-order valence-electron chi connectivity index (χ1n) is 3.78. The molecule has 3 unspecified atom stereocenters. The average Bonchev–Trinajstić information content (AvgIpc) is 2.42. The Morgan fingerprint density at radius 1 is 1.73 bits per heavy atom. The Balaban J connectivity index is 2.46. The third-order valence-corrected chi connectivity index (χ3v) is 1.86. The van der Waals surface area contributed by atoms with Gasteiger partial charge in [0.1, 0.15) is 12.3 Å². The summed E-state index contributed by atoms with van der Waals surface area (Å²) >= 11 is 0. The summed E-state index contributed by atoms with van der Waals surface area (Å²) in [5, 5.41) is 0. The zero-order chi connectivity index (χ0) is 8.65. The third kappa shape index (κ3) is 2.02. The predicted octanol–water partition coefficient (Wildman–Crippen LogP) is 0.354. The molecule has 0 amide bonds. The molecule has 3 heteroatoms. The van der Waals surface area contributed by atoms with Gasteiger partial charge in [0.15, 0.2) is 0 Å². The molecule has 0 aliphatic carbocycles. The molecule has 1 saturated heterocycles. The molecule has 3 nitrogen and oxygen atoms in total. The summed E-state index contributed by atoms with van der Waals surface area (Å²) in [6.07, 6.45) is 0.620. The molecule has 1 fully saturated rings. The highest BCUT2D eigenvalue weighted by Crippen LogP contribution is 2.30. The molecule has 0 bridgehead atoms. The van der Waals surface area contributed by atoms with E-state index in [4.69, 9.17) is 16.2 Å². The lowest BCUT2D eigenvalue weighted by Gasteiger charge is -2.22. The van der Waals surface area contributed by atoms with Crippen molar-refractivity contribution in [1.82, 2.24) is 0 Å². The van der Waals surface area contributed by atoms with E-state index in [1.807, 2.05) is 13.8 Å². The van der Waals surface area contributed by atoms with Gasteiger partial charge in [-0.2, -0.15) is 0 Å². The summed E-state index contributed by atoms with van der Waals surface area (Å²) in [5.74, 6) is 0. The van der Waals surface area contributed by atoms with E-state index in [0.29, 0.717) is 0 Å². The van der Waals surface area contributed by atoms with Gasteiger partial charge in [-0.25, -0.2) is 0 Å². The zero-order valence-corrected chi connectivity index (χ0v) is 7.13. The van der Waals surface area contributed by atoms with E-state index in [1.165, 1.54) is 0 Å². The molecular weight excluding hydrogens is 140 g/mol. The maximum Gasteiger partial charge on any atom is 0.134 e. The highest BCUT2D eigenvalue weighted by atomic mass is 16.6. The van der Waals surface area contributed by atoms with Gasteiger partial charge in [-0.05, 0) is 20.3 Å². The Hall–Kier alpha value is -0.380. The van der Waals surface area contributed by atoms with Gasteiger partial charge in [0.05, 0.1) is 0 Å². The van der Waals surface area contributed by atoms with E-state index in [0.717, 1.165) is 12.0 Å². The van der Waals surface area contributed by atoms with Crippen LogP contribution in [0.5, 0.6) is 0 Å². The average molecular weight is 156 g/mol. The van der Waals surface area contributed by atoms with Crippen molar-refractivity contribution in [2.45, 2.75) is 38.1 Å². The van der Waals surface area contributed by atoms with Crippen LogP contribution in [-0.2, 0) is 4.74 Å². The van der Waals surface area contributed by atoms with E-state index in [2.05, 4.69) is 6.58 Å². The first kappa shape index (κ1) is 8.71. The topological polar surface area (TPSA) is 64.6 Å². The van der Waals surface area contributed by atoms with Crippen LogP contribution in [0.25, 0.3) is 0 Å². The second-order valence-corrected chi connectivity index (χ2v) is 3.66. The molecule has 64 valence electrons. The van der Waals surface area contributed by atoms with Crippen molar-refractivity contribution >= 4 is 0 Å². The molecule has 0 aromatic rings. The maximum absolute atomic E-state index is 5.95. The van der Waals surface area contributed by atoms with Gasteiger partial charge < -0.3 is 16.2 Å². The minimum atomic E-state index is -0.342. The standard InChI is InChI=1S/C8H16N2O/c1-5(2)4-8(3,10)6-7(9)11-6/h6-7H,1,4,9-10H2,2-3H3. The second-order valence-electron chi connectivity index (χ2n) is 3.66. The molecule has 1 heterocycles. The van der Waals surface area contributed by atoms with Gasteiger partial charge >= 0.3 is 0 Å². The molecule has 0 radical (unpaired) electrons. The Morgan fingerprint density at radius 2 is 2.18 bits per heavy atom. The molecule has 3 atom stereocenters. The van der Waals surface area contributed by atoms with Crippen LogP contribution in [0.15, 0.2) is 12.2 Å². The molecule has 1 aliphatic heterocycles. The van der Waals surface area contributed by atoms with Crippen LogP contribution in [0.1, 0.15) is 20.3 Å². The number of epoxide rings is 1. The fourth-order valence-corrected chi connectivity index (χ4v) is 1.41. The lowest BCUT2D eigenvalue weighted by atomic mass is 9.91. The van der Waals surface area contributed by atoms with Gasteiger partial charge in [0.2, 0.25) is 0 Å². The normalized spacial score (nSPS) is 34.5. The number of hydrogen-bond acceptors (Lipinski definition) is 3. The largest absolute Gasteiger partial charge is 0.351 e. The monoisotopic (exact) mass is 156 g/mol. The fourth-order valence-electron chi connectivity index (χ4n) is 1.41. The Morgan fingerprint density at radius 3 is 2.45 bits per heavy atom. The van der Waals surface area contributed by atoms with Crippen LogP contribution in [0.4, 0.5) is 0 Å². The van der Waals surface area contributed by atoms with E-state index < -0.39 is 0 Å². The fraction of sp³-hybridized carbons (Fsp3) is 0.750. The molecule has 0 saturated carbocycles. The quantitative estimate of drug-likeness (QED) is 0.458. The van der Waals surface area contributed by atoms with Crippen molar-refractivity contribution in [3.05, 3.63) is 12.2 Å². The van der Waals surface area contributed by atoms with E-state index in [9.17, 15) is 0 Å². The van der Waals surface area contributed by atoms with Crippen molar-refractivity contribution in [3.8, 4) is 0 Å². The Labute approximate surface area is 67.4 Å². The molecule has 4 N–H and O–H groups in total. The van der Waals surface area contributed by atoms with E-state index in [-0.39, 0.29) is 17.9 Å². The molecule has 0 aromatic carbocycles. The van der Waals surface area contributed by atoms with E-state index >= 15 is 0 Å². The number of nitrogens with two attached hydrogens (primary N) is 2. The number of rotatable bonds is 3. The minimum Gasteiger partial charge on any atom is -0.351 e. The molecule has 1 aliphatic rings. The van der Waals surface area contributed by atoms with Crippen LogP contribution in [0, 0.1) is 0 Å². The maximum atomic E-state index is 5.95. The number of ether oxygens (including phenoxy) is 1. The van der Waals surface area contributed by atoms with Gasteiger partial charge in [-0.15, -0.1) is 6.58 Å². The van der Waals surface area contributed by atoms with Gasteiger partial charge in [-0.1, -0.05) is 5.57 Å².